The summed E-state index contributed by atoms with van der Waals surface area (Å²) in [6.45, 7) is 0.233. The van der Waals surface area contributed by atoms with Gasteiger partial charge < -0.3 is 9.88 Å². The van der Waals surface area contributed by atoms with E-state index in [2.05, 4.69) is 10.4 Å². The third-order valence-electron chi connectivity index (χ3n) is 5.43. The number of nitrogens with zero attached hydrogens (tertiary/aromatic N) is 3. The van der Waals surface area contributed by atoms with E-state index >= 15 is 0 Å². The Morgan fingerprint density at radius 3 is 2.31 bits per heavy atom. The van der Waals surface area contributed by atoms with Gasteiger partial charge in [0.25, 0.3) is 11.5 Å². The Kier molecular flexibility index (Phi) is 5.66. The van der Waals surface area contributed by atoms with Crippen LogP contribution < -0.4 is 10.9 Å². The zero-order valence-corrected chi connectivity index (χ0v) is 18.1. The van der Waals surface area contributed by atoms with Gasteiger partial charge in [-0.25, -0.2) is 13.2 Å². The number of carbonyl (C=O) groups excluding carboxylic acids is 1. The molecule has 0 aromatic heterocycles. The fraction of sp³-hybridized carbons (Fsp3) is 0.0385. The third kappa shape index (κ3) is 4.43. The van der Waals surface area contributed by atoms with Crippen LogP contribution in [0.15, 0.2) is 90.0 Å². The summed E-state index contributed by atoms with van der Waals surface area (Å²) in [4.78, 5) is 26.4. The number of pyridine rings is 1. The maximum Gasteiger partial charge on any atom is 0.282 e. The average molecular weight is 474 g/mol. The van der Waals surface area contributed by atoms with E-state index in [1.807, 2.05) is 0 Å². The van der Waals surface area contributed by atoms with E-state index in [1.165, 1.54) is 23.0 Å². The highest BCUT2D eigenvalue weighted by Gasteiger charge is 2.25. The minimum atomic E-state index is -0.941. The van der Waals surface area contributed by atoms with Gasteiger partial charge in [-0.15, -0.1) is 0 Å². The van der Waals surface area contributed by atoms with E-state index in [4.69, 9.17) is 0 Å². The minimum absolute atomic E-state index is 0.0140. The largest absolute Gasteiger partial charge is 0.348 e. The smallest absolute Gasteiger partial charge is 0.282 e. The minimum Gasteiger partial charge on any atom is -0.348 e. The van der Waals surface area contributed by atoms with Gasteiger partial charge in [0, 0.05) is 25.0 Å². The molecule has 0 bridgehead atoms. The van der Waals surface area contributed by atoms with E-state index in [9.17, 15) is 22.8 Å². The van der Waals surface area contributed by atoms with Gasteiger partial charge in [-0.05, 0) is 42.0 Å². The van der Waals surface area contributed by atoms with Gasteiger partial charge in [0.1, 0.15) is 23.1 Å². The van der Waals surface area contributed by atoms with Crippen molar-refractivity contribution in [3.05, 3.63) is 124 Å². The molecule has 6 nitrogen and oxygen atoms in total. The van der Waals surface area contributed by atoms with E-state index in [0.717, 1.165) is 17.7 Å². The monoisotopic (exact) mass is 474 g/mol. The van der Waals surface area contributed by atoms with Crippen molar-refractivity contribution in [2.45, 2.75) is 6.54 Å². The van der Waals surface area contributed by atoms with Crippen LogP contribution in [0, 0.1) is 17.5 Å². The second-order valence-corrected chi connectivity index (χ2v) is 7.86. The van der Waals surface area contributed by atoms with Gasteiger partial charge in [-0.3, -0.25) is 9.59 Å². The molecule has 5 rings (SSSR count). The Bertz CT molecular complexity index is 1560. The number of hydrogen-bond donors (Lipinski definition) is 1. The molecule has 35 heavy (non-hydrogen) atoms. The second-order valence-electron chi connectivity index (χ2n) is 7.86. The zero-order chi connectivity index (χ0) is 24.5. The van der Waals surface area contributed by atoms with Crippen LogP contribution in [-0.4, -0.2) is 20.3 Å². The summed E-state index contributed by atoms with van der Waals surface area (Å²) in [5.74, 6) is -2.84. The topological polar surface area (TPSA) is 68.9 Å². The van der Waals surface area contributed by atoms with Gasteiger partial charge in [0.05, 0.1) is 22.5 Å². The molecule has 0 fully saturated rings. The van der Waals surface area contributed by atoms with Crippen molar-refractivity contribution in [2.75, 3.05) is 5.32 Å². The van der Waals surface area contributed by atoms with Crippen molar-refractivity contribution >= 4 is 11.6 Å². The van der Waals surface area contributed by atoms with Gasteiger partial charge in [-0.2, -0.15) is 9.78 Å². The summed E-state index contributed by atoms with van der Waals surface area (Å²) in [7, 11) is 0. The number of hydrogen-bond acceptors (Lipinski definition) is 3. The molecule has 3 aromatic rings. The fourth-order valence-electron chi connectivity index (χ4n) is 3.74. The number of nitrogens with one attached hydrogen (secondary N) is 1. The Morgan fingerprint density at radius 1 is 0.886 bits per heavy atom. The van der Waals surface area contributed by atoms with Crippen LogP contribution in [0.1, 0.15) is 15.9 Å². The quantitative estimate of drug-likeness (QED) is 0.396. The molecule has 1 amide bonds. The molecule has 2 aliphatic rings. The summed E-state index contributed by atoms with van der Waals surface area (Å²) in [5, 5.41) is 6.79. The predicted octanol–water partition coefficient (Wildman–Crippen LogP) is 4.86. The van der Waals surface area contributed by atoms with Crippen molar-refractivity contribution in [1.29, 1.82) is 0 Å². The highest BCUT2D eigenvalue weighted by Crippen LogP contribution is 2.25. The Morgan fingerprint density at radius 2 is 1.60 bits per heavy atom. The molecular weight excluding hydrogens is 457 g/mol. The van der Waals surface area contributed by atoms with Crippen LogP contribution in [0.3, 0.4) is 0 Å². The number of rotatable bonds is 5. The molecule has 0 radical (unpaired) electrons. The number of para-hydroxylation sites is 1. The van der Waals surface area contributed by atoms with Crippen LogP contribution >= 0.6 is 0 Å². The van der Waals surface area contributed by atoms with E-state index in [-0.39, 0.29) is 34.9 Å². The molecular formula is C26H17F3N4O2. The molecule has 2 aliphatic heterocycles. The maximum absolute atomic E-state index is 14.2. The lowest BCUT2D eigenvalue weighted by Gasteiger charge is -2.13. The number of amides is 1. The summed E-state index contributed by atoms with van der Waals surface area (Å²) in [5.41, 5.74) is 0.881. The van der Waals surface area contributed by atoms with Crippen LogP contribution in [0.5, 0.6) is 0 Å². The van der Waals surface area contributed by atoms with Gasteiger partial charge in [0.15, 0.2) is 0 Å². The van der Waals surface area contributed by atoms with Crippen LogP contribution in [-0.2, 0) is 6.54 Å². The SMILES string of the molecule is O=C(Nc1ccc(F)cc1F)c1cn(Cc2ccc(F)cc2)cc2c(=O)n(-c3ccccc3)nc1-2. The first kappa shape index (κ1) is 22.1. The summed E-state index contributed by atoms with van der Waals surface area (Å²) in [6, 6.07) is 17.3. The van der Waals surface area contributed by atoms with Crippen molar-refractivity contribution in [2.24, 2.45) is 0 Å². The van der Waals surface area contributed by atoms with Gasteiger partial charge in [0.2, 0.25) is 0 Å². The number of anilines is 1. The highest BCUT2D eigenvalue weighted by atomic mass is 19.1. The first-order valence-electron chi connectivity index (χ1n) is 10.6. The summed E-state index contributed by atoms with van der Waals surface area (Å²) < 4.78 is 43.6. The molecule has 0 saturated carbocycles. The van der Waals surface area contributed by atoms with Crippen LogP contribution in [0.4, 0.5) is 18.9 Å². The number of benzene rings is 3. The standard InChI is InChI=1S/C26H17F3N4O2/c27-17-8-6-16(7-9-17)13-32-14-20(25(34)30-23-11-10-18(28)12-22(23)29)24-21(15-32)26(35)33(31-24)19-4-2-1-3-5-19/h1-12,14-15H,13H2,(H,30,34). The van der Waals surface area contributed by atoms with Crippen molar-refractivity contribution in [3.63, 3.8) is 0 Å². The third-order valence-corrected chi connectivity index (χ3v) is 5.43. The Labute approximate surface area is 197 Å². The van der Waals surface area contributed by atoms with Crippen LogP contribution in [0.25, 0.3) is 16.9 Å². The molecule has 0 saturated heterocycles. The molecule has 1 N–H and O–H groups in total. The Balaban J connectivity index is 1.62. The fourth-order valence-corrected chi connectivity index (χ4v) is 3.74. The molecule has 0 unspecified atom stereocenters. The summed E-state index contributed by atoms with van der Waals surface area (Å²) >= 11 is 0. The first-order chi connectivity index (χ1) is 16.9. The van der Waals surface area contributed by atoms with Crippen molar-refractivity contribution in [3.8, 4) is 16.9 Å². The molecule has 0 atom stereocenters. The lowest BCUT2D eigenvalue weighted by molar-refractivity contribution is 0.102. The van der Waals surface area contributed by atoms with Gasteiger partial charge in [-0.1, -0.05) is 30.3 Å². The lowest BCUT2D eigenvalue weighted by Crippen LogP contribution is -2.18. The molecule has 9 heteroatoms. The molecule has 2 heterocycles. The maximum atomic E-state index is 14.2. The normalized spacial score (nSPS) is 11.1. The van der Waals surface area contributed by atoms with Crippen LogP contribution in [0.2, 0.25) is 0 Å². The molecule has 0 aliphatic carbocycles. The zero-order valence-electron chi connectivity index (χ0n) is 18.1. The number of halogens is 3. The number of aromatic nitrogens is 3. The number of fused-ring (bicyclic) bond motifs is 1. The molecule has 0 spiro atoms. The molecule has 174 valence electrons. The Hall–Kier alpha value is -4.66. The summed E-state index contributed by atoms with van der Waals surface area (Å²) in [6.07, 6.45) is 3.03. The molecule has 3 aromatic carbocycles. The van der Waals surface area contributed by atoms with Crippen molar-refractivity contribution in [1.82, 2.24) is 14.3 Å². The van der Waals surface area contributed by atoms with Crippen molar-refractivity contribution < 1.29 is 18.0 Å². The first-order valence-corrected chi connectivity index (χ1v) is 10.6. The number of carbonyl (C=O) groups is 1. The van der Waals surface area contributed by atoms with Gasteiger partial charge >= 0.3 is 0 Å². The van der Waals surface area contributed by atoms with E-state index in [1.54, 1.807) is 53.2 Å². The highest BCUT2D eigenvalue weighted by molar-refractivity contribution is 6.08. The van der Waals surface area contributed by atoms with E-state index in [0.29, 0.717) is 11.8 Å². The van der Waals surface area contributed by atoms with E-state index < -0.39 is 23.1 Å². The average Bonchev–Trinajstić information content (AvgIpc) is 3.18. The lowest BCUT2D eigenvalue weighted by atomic mass is 10.1. The predicted molar refractivity (Wildman–Crippen MR) is 124 cm³/mol. The second kappa shape index (κ2) is 8.94.